The highest BCUT2D eigenvalue weighted by Crippen LogP contribution is 2.43. The van der Waals surface area contributed by atoms with Crippen molar-refractivity contribution in [1.82, 2.24) is 5.32 Å². The van der Waals surface area contributed by atoms with Gasteiger partial charge in [-0.25, -0.2) is 4.79 Å². The lowest BCUT2D eigenvalue weighted by Crippen LogP contribution is -2.39. The van der Waals surface area contributed by atoms with Gasteiger partial charge in [0, 0.05) is 22.3 Å². The summed E-state index contributed by atoms with van der Waals surface area (Å²) in [5.41, 5.74) is 2.01. The average molecular weight is 336 g/mol. The molecule has 122 valence electrons. The number of carbonyl (C=O) groups is 2. The SMILES string of the molecule is C=C1NC(C)=C(C(=O)OC)C(c2ccccc2Cl)C1C(=O)OC. The van der Waals surface area contributed by atoms with Crippen molar-refractivity contribution in [1.29, 1.82) is 0 Å². The molecule has 0 saturated carbocycles. The Balaban J connectivity index is 2.70. The lowest BCUT2D eigenvalue weighted by atomic mass is 9.75. The number of rotatable bonds is 3. The summed E-state index contributed by atoms with van der Waals surface area (Å²) in [6, 6.07) is 7.06. The smallest absolute Gasteiger partial charge is 0.336 e. The van der Waals surface area contributed by atoms with Crippen LogP contribution in [0.25, 0.3) is 0 Å². The van der Waals surface area contributed by atoms with Crippen LogP contribution in [0, 0.1) is 5.92 Å². The van der Waals surface area contributed by atoms with Gasteiger partial charge < -0.3 is 14.8 Å². The van der Waals surface area contributed by atoms with Crippen molar-refractivity contribution in [2.75, 3.05) is 14.2 Å². The van der Waals surface area contributed by atoms with E-state index < -0.39 is 23.8 Å². The topological polar surface area (TPSA) is 64.6 Å². The molecule has 6 heteroatoms. The highest BCUT2D eigenvalue weighted by atomic mass is 35.5. The summed E-state index contributed by atoms with van der Waals surface area (Å²) >= 11 is 6.30. The highest BCUT2D eigenvalue weighted by molar-refractivity contribution is 6.31. The van der Waals surface area contributed by atoms with Crippen molar-refractivity contribution in [2.45, 2.75) is 12.8 Å². The molecule has 1 aliphatic heterocycles. The van der Waals surface area contributed by atoms with E-state index in [1.165, 1.54) is 14.2 Å². The number of halogens is 1. The minimum Gasteiger partial charge on any atom is -0.468 e. The molecule has 5 nitrogen and oxygen atoms in total. The van der Waals surface area contributed by atoms with Crippen LogP contribution in [0.4, 0.5) is 0 Å². The highest BCUT2D eigenvalue weighted by Gasteiger charge is 2.43. The molecule has 1 aliphatic rings. The van der Waals surface area contributed by atoms with Gasteiger partial charge in [0.15, 0.2) is 0 Å². The third kappa shape index (κ3) is 3.10. The van der Waals surface area contributed by atoms with E-state index in [-0.39, 0.29) is 0 Å². The zero-order valence-electron chi connectivity index (χ0n) is 13.2. The van der Waals surface area contributed by atoms with E-state index in [1.807, 2.05) is 0 Å². The van der Waals surface area contributed by atoms with E-state index in [9.17, 15) is 9.59 Å². The van der Waals surface area contributed by atoms with Crippen molar-refractivity contribution >= 4 is 23.5 Å². The summed E-state index contributed by atoms with van der Waals surface area (Å²) in [5.74, 6) is -2.43. The number of allylic oxidation sites excluding steroid dienone is 1. The Bertz CT molecular complexity index is 696. The Kier molecular flexibility index (Phi) is 5.11. The first-order chi connectivity index (χ1) is 10.9. The molecular weight excluding hydrogens is 318 g/mol. The molecule has 1 aromatic carbocycles. The maximum atomic E-state index is 12.3. The lowest BCUT2D eigenvalue weighted by Gasteiger charge is -2.35. The molecule has 2 unspecified atom stereocenters. The van der Waals surface area contributed by atoms with Gasteiger partial charge in [0.2, 0.25) is 0 Å². The molecule has 2 atom stereocenters. The van der Waals surface area contributed by atoms with Gasteiger partial charge in [-0.1, -0.05) is 36.4 Å². The molecule has 23 heavy (non-hydrogen) atoms. The molecule has 0 radical (unpaired) electrons. The molecule has 1 aromatic rings. The number of benzene rings is 1. The van der Waals surface area contributed by atoms with E-state index in [0.29, 0.717) is 27.6 Å². The molecule has 0 bridgehead atoms. The third-order valence-electron chi connectivity index (χ3n) is 3.87. The van der Waals surface area contributed by atoms with E-state index in [0.717, 1.165) is 0 Å². The Morgan fingerprint density at radius 2 is 1.87 bits per heavy atom. The van der Waals surface area contributed by atoms with Gasteiger partial charge in [0.05, 0.1) is 19.8 Å². The number of methoxy groups -OCH3 is 2. The van der Waals surface area contributed by atoms with Crippen LogP contribution >= 0.6 is 11.6 Å². The quantitative estimate of drug-likeness (QED) is 0.860. The number of hydrogen-bond donors (Lipinski definition) is 1. The van der Waals surface area contributed by atoms with Crippen LogP contribution in [-0.2, 0) is 19.1 Å². The number of carbonyl (C=O) groups excluding carboxylic acids is 2. The second kappa shape index (κ2) is 6.87. The molecule has 0 amide bonds. The zero-order chi connectivity index (χ0) is 17.1. The first-order valence-corrected chi connectivity index (χ1v) is 7.37. The van der Waals surface area contributed by atoms with Crippen LogP contribution in [0.15, 0.2) is 47.8 Å². The monoisotopic (exact) mass is 335 g/mol. The Morgan fingerprint density at radius 3 is 2.43 bits per heavy atom. The van der Waals surface area contributed by atoms with Gasteiger partial charge in [-0.15, -0.1) is 0 Å². The molecule has 0 spiro atoms. The fourth-order valence-electron chi connectivity index (χ4n) is 2.84. The summed E-state index contributed by atoms with van der Waals surface area (Å²) in [6.07, 6.45) is 0. The molecule has 1 heterocycles. The second-order valence-corrected chi connectivity index (χ2v) is 5.59. The molecule has 0 fully saturated rings. The number of hydrogen-bond acceptors (Lipinski definition) is 5. The molecule has 2 rings (SSSR count). The van der Waals surface area contributed by atoms with Gasteiger partial charge in [0.25, 0.3) is 0 Å². The van der Waals surface area contributed by atoms with Gasteiger partial charge in [-0.05, 0) is 18.6 Å². The van der Waals surface area contributed by atoms with Crippen molar-refractivity contribution < 1.29 is 19.1 Å². The molecule has 1 N–H and O–H groups in total. The van der Waals surface area contributed by atoms with Crippen molar-refractivity contribution in [2.24, 2.45) is 5.92 Å². The summed E-state index contributed by atoms with van der Waals surface area (Å²) in [7, 11) is 2.59. The zero-order valence-corrected chi connectivity index (χ0v) is 13.9. The fourth-order valence-corrected chi connectivity index (χ4v) is 3.10. The Hall–Kier alpha value is -2.27. The van der Waals surface area contributed by atoms with Crippen LogP contribution < -0.4 is 5.32 Å². The maximum absolute atomic E-state index is 12.3. The number of ether oxygens (including phenoxy) is 2. The van der Waals surface area contributed by atoms with Crippen molar-refractivity contribution in [3.05, 3.63) is 58.4 Å². The van der Waals surface area contributed by atoms with Crippen LogP contribution in [-0.4, -0.2) is 26.2 Å². The summed E-state index contributed by atoms with van der Waals surface area (Å²) < 4.78 is 9.78. The Labute approximate surface area is 139 Å². The predicted octanol–water partition coefficient (Wildman–Crippen LogP) is 2.78. The third-order valence-corrected chi connectivity index (χ3v) is 4.22. The van der Waals surface area contributed by atoms with Crippen LogP contribution in [0.5, 0.6) is 0 Å². The van der Waals surface area contributed by atoms with Crippen molar-refractivity contribution in [3.8, 4) is 0 Å². The fraction of sp³-hybridized carbons (Fsp3) is 0.294. The Morgan fingerprint density at radius 1 is 1.22 bits per heavy atom. The largest absolute Gasteiger partial charge is 0.468 e. The lowest BCUT2D eigenvalue weighted by molar-refractivity contribution is -0.145. The summed E-state index contributed by atoms with van der Waals surface area (Å²) in [6.45, 7) is 5.63. The van der Waals surface area contributed by atoms with Gasteiger partial charge in [-0.3, -0.25) is 4.79 Å². The van der Waals surface area contributed by atoms with E-state index in [4.69, 9.17) is 21.1 Å². The van der Waals surface area contributed by atoms with Crippen LogP contribution in [0.2, 0.25) is 5.02 Å². The van der Waals surface area contributed by atoms with Gasteiger partial charge >= 0.3 is 11.9 Å². The van der Waals surface area contributed by atoms with Gasteiger partial charge in [0.1, 0.15) is 5.92 Å². The summed E-state index contributed by atoms with van der Waals surface area (Å²) in [5, 5.41) is 3.42. The molecular formula is C17H18ClNO4. The van der Waals surface area contributed by atoms with Gasteiger partial charge in [-0.2, -0.15) is 0 Å². The number of esters is 2. The second-order valence-electron chi connectivity index (χ2n) is 5.18. The van der Waals surface area contributed by atoms with E-state index >= 15 is 0 Å². The van der Waals surface area contributed by atoms with Crippen LogP contribution in [0.3, 0.4) is 0 Å². The minimum absolute atomic E-state index is 0.336. The predicted molar refractivity (Wildman–Crippen MR) is 86.7 cm³/mol. The minimum atomic E-state index is -0.780. The maximum Gasteiger partial charge on any atom is 0.336 e. The van der Waals surface area contributed by atoms with Crippen molar-refractivity contribution in [3.63, 3.8) is 0 Å². The normalized spacial score (nSPS) is 20.8. The first kappa shape index (κ1) is 17.1. The summed E-state index contributed by atoms with van der Waals surface area (Å²) in [4.78, 5) is 24.6. The molecule has 0 aromatic heterocycles. The van der Waals surface area contributed by atoms with E-state index in [2.05, 4.69) is 11.9 Å². The average Bonchev–Trinajstić information content (AvgIpc) is 2.53. The first-order valence-electron chi connectivity index (χ1n) is 6.99. The van der Waals surface area contributed by atoms with E-state index in [1.54, 1.807) is 31.2 Å². The molecule has 0 saturated heterocycles. The standard InChI is InChI=1S/C17H18ClNO4/c1-9-13(16(20)22-3)15(11-7-5-6-8-12(11)18)14(10(2)19-9)17(21)23-4/h5-8,13,15,19H,1H2,2-4H3. The van der Waals surface area contributed by atoms with Crippen LogP contribution in [0.1, 0.15) is 18.4 Å². The molecule has 0 aliphatic carbocycles. The number of nitrogens with one attached hydrogen (secondary N) is 1.